The van der Waals surface area contributed by atoms with Crippen LogP contribution in [0, 0.1) is 3.57 Å². The maximum atomic E-state index is 12.5. The summed E-state index contributed by atoms with van der Waals surface area (Å²) in [7, 11) is 4.16. The van der Waals surface area contributed by atoms with Gasteiger partial charge in [-0.15, -0.1) is 0 Å². The van der Waals surface area contributed by atoms with Gasteiger partial charge in [0.15, 0.2) is 6.29 Å². The topological polar surface area (TPSA) is 48.8 Å². The van der Waals surface area contributed by atoms with Crippen molar-refractivity contribution >= 4 is 50.4 Å². The number of nitrogens with zero attached hydrogens (tertiary/aromatic N) is 4. The summed E-state index contributed by atoms with van der Waals surface area (Å²) in [5, 5.41) is 0. The Hall–Kier alpha value is -0.810. The van der Waals surface area contributed by atoms with Gasteiger partial charge in [-0.2, -0.15) is 0 Å². The maximum Gasteiger partial charge on any atom is 0.309 e. The van der Waals surface area contributed by atoms with Gasteiger partial charge in [0, 0.05) is 42.8 Å². The minimum Gasteiger partial charge on any atom is -0.308 e. The van der Waals surface area contributed by atoms with Gasteiger partial charge in [-0.1, -0.05) is 11.3 Å². The summed E-state index contributed by atoms with van der Waals surface area (Å²) in [6.07, 6.45) is 0.388. The number of aromatic nitrogens is 1. The van der Waals surface area contributed by atoms with Gasteiger partial charge in [-0.3, -0.25) is 24.0 Å². The van der Waals surface area contributed by atoms with Crippen LogP contribution in [0.15, 0.2) is 23.0 Å². The molecule has 1 fully saturated rings. The van der Waals surface area contributed by atoms with Crippen LogP contribution in [0.5, 0.6) is 0 Å². The lowest BCUT2D eigenvalue weighted by Crippen LogP contribution is -2.51. The van der Waals surface area contributed by atoms with Crippen LogP contribution < -0.4 is 4.87 Å². The molecular formula is C17H23IN4O2S. The molecule has 25 heavy (non-hydrogen) atoms. The molecule has 1 aliphatic heterocycles. The molecule has 136 valence electrons. The fourth-order valence-electron chi connectivity index (χ4n) is 3.16. The Labute approximate surface area is 165 Å². The lowest BCUT2D eigenvalue weighted by molar-refractivity contribution is -0.116. The van der Waals surface area contributed by atoms with Gasteiger partial charge in [-0.05, 0) is 54.9 Å². The maximum absolute atomic E-state index is 12.5. The Morgan fingerprint density at radius 2 is 2.00 bits per heavy atom. The number of aldehydes is 1. The van der Waals surface area contributed by atoms with Crippen LogP contribution in [0.3, 0.4) is 0 Å². The van der Waals surface area contributed by atoms with Crippen LogP contribution in [-0.4, -0.2) is 78.9 Å². The van der Waals surface area contributed by atoms with Gasteiger partial charge in [0.25, 0.3) is 0 Å². The van der Waals surface area contributed by atoms with Crippen molar-refractivity contribution in [2.75, 3.05) is 53.4 Å². The van der Waals surface area contributed by atoms with Crippen molar-refractivity contribution in [2.45, 2.75) is 6.17 Å². The monoisotopic (exact) mass is 474 g/mol. The summed E-state index contributed by atoms with van der Waals surface area (Å²) < 4.78 is 3.65. The highest BCUT2D eigenvalue weighted by Gasteiger charge is 2.27. The second kappa shape index (κ2) is 8.26. The predicted molar refractivity (Wildman–Crippen MR) is 110 cm³/mol. The summed E-state index contributed by atoms with van der Waals surface area (Å²) >= 11 is 3.45. The number of piperazine rings is 1. The molecule has 1 saturated heterocycles. The molecule has 0 radical (unpaired) electrons. The van der Waals surface area contributed by atoms with Gasteiger partial charge in [0.2, 0.25) is 0 Å². The SMILES string of the molecule is CN(C)CCN1CCN(C(C=O)n2c(=O)sc3ccc(I)cc32)CC1. The number of rotatable bonds is 6. The molecule has 1 aromatic heterocycles. The largest absolute Gasteiger partial charge is 0.309 e. The summed E-state index contributed by atoms with van der Waals surface area (Å²) in [5.41, 5.74) is 0.856. The molecule has 1 unspecified atom stereocenters. The van der Waals surface area contributed by atoms with Gasteiger partial charge in [0.1, 0.15) is 6.17 Å². The normalized spacial score (nSPS) is 18.1. The van der Waals surface area contributed by atoms with E-state index in [9.17, 15) is 9.59 Å². The number of likely N-dealkylation sites (N-methyl/N-ethyl adjacent to an activating group) is 1. The Kier molecular flexibility index (Phi) is 6.26. The molecule has 6 nitrogen and oxygen atoms in total. The number of halogens is 1. The van der Waals surface area contributed by atoms with Crippen molar-refractivity contribution in [1.29, 1.82) is 0 Å². The molecule has 1 atom stereocenters. The van der Waals surface area contributed by atoms with Crippen LogP contribution in [0.1, 0.15) is 6.17 Å². The second-order valence-electron chi connectivity index (χ2n) is 6.58. The highest BCUT2D eigenvalue weighted by atomic mass is 127. The zero-order valence-electron chi connectivity index (χ0n) is 14.5. The molecule has 1 aliphatic rings. The standard InChI is InChI=1S/C17H23IN4O2S/c1-19(2)5-6-20-7-9-21(10-8-20)16(12-23)22-14-11-13(18)3-4-15(14)25-17(22)24/h3-4,11-12,16H,5-10H2,1-2H3. The average Bonchev–Trinajstić information content (AvgIpc) is 2.90. The van der Waals surface area contributed by atoms with Crippen molar-refractivity contribution in [2.24, 2.45) is 0 Å². The molecule has 0 N–H and O–H groups in total. The summed E-state index contributed by atoms with van der Waals surface area (Å²) in [5.74, 6) is 0. The fraction of sp³-hybridized carbons (Fsp3) is 0.529. The number of benzene rings is 1. The quantitative estimate of drug-likeness (QED) is 0.470. The first-order valence-electron chi connectivity index (χ1n) is 8.36. The van der Waals surface area contributed by atoms with E-state index >= 15 is 0 Å². The van der Waals surface area contributed by atoms with Gasteiger partial charge in [-0.25, -0.2) is 0 Å². The van der Waals surface area contributed by atoms with Crippen LogP contribution in [0.4, 0.5) is 0 Å². The van der Waals surface area contributed by atoms with Crippen molar-refractivity contribution in [1.82, 2.24) is 19.3 Å². The predicted octanol–water partition coefficient (Wildman–Crippen LogP) is 1.54. The molecule has 0 aliphatic carbocycles. The molecule has 1 aromatic carbocycles. The Morgan fingerprint density at radius 3 is 2.64 bits per heavy atom. The second-order valence-corrected chi connectivity index (χ2v) is 8.82. The molecule has 2 heterocycles. The van der Waals surface area contributed by atoms with E-state index in [-0.39, 0.29) is 4.87 Å². The van der Waals surface area contributed by atoms with E-state index in [1.54, 1.807) is 4.57 Å². The number of hydrogen-bond acceptors (Lipinski definition) is 6. The van der Waals surface area contributed by atoms with Crippen LogP contribution >= 0.6 is 33.9 Å². The molecule has 0 saturated carbocycles. The van der Waals surface area contributed by atoms with Gasteiger partial charge < -0.3 is 4.90 Å². The molecule has 2 aromatic rings. The minimum atomic E-state index is -0.518. The minimum absolute atomic E-state index is 0.0656. The van der Waals surface area contributed by atoms with E-state index in [0.717, 1.165) is 59.3 Å². The lowest BCUT2D eigenvalue weighted by Gasteiger charge is -2.37. The van der Waals surface area contributed by atoms with Crippen LogP contribution in [0.25, 0.3) is 10.2 Å². The molecule has 3 rings (SSSR count). The Balaban J connectivity index is 1.78. The van der Waals surface area contributed by atoms with E-state index < -0.39 is 6.17 Å². The summed E-state index contributed by atoms with van der Waals surface area (Å²) in [6.45, 7) is 5.50. The van der Waals surface area contributed by atoms with E-state index in [4.69, 9.17) is 0 Å². The first-order valence-corrected chi connectivity index (χ1v) is 10.3. The van der Waals surface area contributed by atoms with E-state index in [1.165, 1.54) is 11.3 Å². The fourth-order valence-corrected chi connectivity index (χ4v) is 4.53. The lowest BCUT2D eigenvalue weighted by atomic mass is 10.2. The third kappa shape index (κ3) is 4.30. The summed E-state index contributed by atoms with van der Waals surface area (Å²) in [6, 6.07) is 5.93. The zero-order valence-corrected chi connectivity index (χ0v) is 17.5. The van der Waals surface area contributed by atoms with E-state index in [2.05, 4.69) is 51.4 Å². The van der Waals surface area contributed by atoms with E-state index in [1.807, 2.05) is 18.2 Å². The van der Waals surface area contributed by atoms with E-state index in [0.29, 0.717) is 0 Å². The number of hydrogen-bond donors (Lipinski definition) is 0. The van der Waals surface area contributed by atoms with Crippen molar-refractivity contribution in [3.05, 3.63) is 31.4 Å². The Bertz CT molecular complexity index is 796. The van der Waals surface area contributed by atoms with Crippen LogP contribution in [-0.2, 0) is 4.79 Å². The van der Waals surface area contributed by atoms with Gasteiger partial charge >= 0.3 is 4.87 Å². The smallest absolute Gasteiger partial charge is 0.308 e. The average molecular weight is 474 g/mol. The van der Waals surface area contributed by atoms with Crippen molar-refractivity contribution < 1.29 is 4.79 Å². The molecule has 0 bridgehead atoms. The molecule has 8 heteroatoms. The van der Waals surface area contributed by atoms with Crippen molar-refractivity contribution in [3.63, 3.8) is 0 Å². The first-order chi connectivity index (χ1) is 12.0. The van der Waals surface area contributed by atoms with Gasteiger partial charge in [0.05, 0.1) is 10.2 Å². The summed E-state index contributed by atoms with van der Waals surface area (Å²) in [4.78, 5) is 31.0. The number of fused-ring (bicyclic) bond motifs is 1. The Morgan fingerprint density at radius 1 is 1.28 bits per heavy atom. The van der Waals surface area contributed by atoms with Crippen molar-refractivity contribution in [3.8, 4) is 0 Å². The van der Waals surface area contributed by atoms with Crippen LogP contribution in [0.2, 0.25) is 0 Å². The highest BCUT2D eigenvalue weighted by Crippen LogP contribution is 2.24. The number of thiazole rings is 1. The third-order valence-corrected chi connectivity index (χ3v) is 6.21. The molecule has 0 spiro atoms. The molecular weight excluding hydrogens is 451 g/mol. The highest BCUT2D eigenvalue weighted by molar-refractivity contribution is 14.1. The number of carbonyl (C=O) groups is 1. The first kappa shape index (κ1) is 19.0. The third-order valence-electron chi connectivity index (χ3n) is 4.61. The molecule has 0 amide bonds. The number of carbonyl (C=O) groups excluding carboxylic acids is 1. The zero-order chi connectivity index (χ0) is 18.0.